The molecule has 0 atom stereocenters. The van der Waals surface area contributed by atoms with Crippen LogP contribution in [-0.4, -0.2) is 31.9 Å². The molecule has 5 rings (SSSR count). The molecular formula is C22H18N6O2S. The molecule has 0 radical (unpaired) electrons. The summed E-state index contributed by atoms with van der Waals surface area (Å²) in [6, 6.07) is 17.0. The second-order valence-electron chi connectivity index (χ2n) is 6.63. The number of anilines is 1. The molecule has 0 unspecified atom stereocenters. The zero-order valence-corrected chi connectivity index (χ0v) is 17.4. The van der Waals surface area contributed by atoms with Gasteiger partial charge in [0.05, 0.1) is 7.11 Å². The van der Waals surface area contributed by atoms with Crippen molar-refractivity contribution in [3.05, 3.63) is 77.1 Å². The van der Waals surface area contributed by atoms with Crippen LogP contribution in [0.3, 0.4) is 0 Å². The monoisotopic (exact) mass is 430 g/mol. The third kappa shape index (κ3) is 4.03. The van der Waals surface area contributed by atoms with E-state index in [1.807, 2.05) is 65.4 Å². The molecule has 0 aliphatic carbocycles. The molecule has 0 aliphatic heterocycles. The van der Waals surface area contributed by atoms with Crippen LogP contribution in [0.2, 0.25) is 0 Å². The summed E-state index contributed by atoms with van der Waals surface area (Å²) in [5.41, 5.74) is 2.58. The van der Waals surface area contributed by atoms with E-state index in [-0.39, 0.29) is 0 Å². The van der Waals surface area contributed by atoms with Gasteiger partial charge in [-0.2, -0.15) is 15.9 Å². The maximum atomic E-state index is 5.99. The molecule has 4 heterocycles. The lowest BCUT2D eigenvalue weighted by Crippen LogP contribution is -2.06. The molecule has 1 aromatic carbocycles. The minimum Gasteiger partial charge on any atom is -0.497 e. The maximum absolute atomic E-state index is 5.99. The molecule has 0 spiro atoms. The Labute approximate surface area is 182 Å². The van der Waals surface area contributed by atoms with Crippen molar-refractivity contribution in [2.24, 2.45) is 0 Å². The fourth-order valence-electron chi connectivity index (χ4n) is 3.07. The number of hydrogen-bond acceptors (Lipinski definition) is 8. The second-order valence-corrected chi connectivity index (χ2v) is 7.41. The van der Waals surface area contributed by atoms with Gasteiger partial charge < -0.3 is 14.8 Å². The fraction of sp³-hybridized carbons (Fsp3) is 0.0909. The van der Waals surface area contributed by atoms with Crippen LogP contribution in [-0.2, 0) is 6.54 Å². The van der Waals surface area contributed by atoms with Crippen molar-refractivity contribution in [2.45, 2.75) is 6.54 Å². The molecule has 4 aromatic heterocycles. The van der Waals surface area contributed by atoms with Gasteiger partial charge in [-0.25, -0.2) is 4.98 Å². The number of pyridine rings is 1. The Morgan fingerprint density at radius 1 is 1.03 bits per heavy atom. The van der Waals surface area contributed by atoms with Crippen LogP contribution in [0.15, 0.2) is 71.6 Å². The molecule has 1 N–H and O–H groups in total. The highest BCUT2D eigenvalue weighted by atomic mass is 32.1. The van der Waals surface area contributed by atoms with E-state index in [9.17, 15) is 0 Å². The van der Waals surface area contributed by atoms with Gasteiger partial charge in [0, 0.05) is 35.3 Å². The minimum atomic E-state index is 0.488. The number of methoxy groups -OCH3 is 1. The third-order valence-electron chi connectivity index (χ3n) is 4.61. The Morgan fingerprint density at radius 2 is 1.97 bits per heavy atom. The Kier molecular flexibility index (Phi) is 5.16. The molecule has 0 saturated carbocycles. The number of nitrogens with one attached hydrogen (secondary N) is 1. The second kappa shape index (κ2) is 8.41. The lowest BCUT2D eigenvalue weighted by Gasteiger charge is -2.12. The predicted molar refractivity (Wildman–Crippen MR) is 119 cm³/mol. The first-order valence-electron chi connectivity index (χ1n) is 9.55. The van der Waals surface area contributed by atoms with Crippen LogP contribution in [0.5, 0.6) is 17.4 Å². The highest BCUT2D eigenvalue weighted by Gasteiger charge is 2.11. The molecule has 0 amide bonds. The summed E-state index contributed by atoms with van der Waals surface area (Å²) >= 11 is 1.61. The number of thiophene rings is 1. The molecule has 8 nitrogen and oxygen atoms in total. The van der Waals surface area contributed by atoms with E-state index >= 15 is 0 Å². The van der Waals surface area contributed by atoms with E-state index in [4.69, 9.17) is 9.47 Å². The first kappa shape index (κ1) is 19.0. The van der Waals surface area contributed by atoms with E-state index in [2.05, 4.69) is 25.6 Å². The standard InChI is InChI=1S/C22H18N6O2S/c1-29-17-5-2-6-18(12-17)30-22-15(4-3-10-23-22)13-24-19-7-8-20-25-26-21(28(20)27-19)16-9-11-31-14-16/h2-12,14H,13H2,1H3,(H,24,27). The largest absolute Gasteiger partial charge is 0.497 e. The van der Waals surface area contributed by atoms with Crippen molar-refractivity contribution in [3.63, 3.8) is 0 Å². The van der Waals surface area contributed by atoms with Crippen LogP contribution >= 0.6 is 11.3 Å². The molecule has 0 aliphatic rings. The van der Waals surface area contributed by atoms with Gasteiger partial charge in [0.25, 0.3) is 0 Å². The van der Waals surface area contributed by atoms with Crippen molar-refractivity contribution in [2.75, 3.05) is 12.4 Å². The normalized spacial score (nSPS) is 10.9. The Morgan fingerprint density at radius 3 is 2.84 bits per heavy atom. The topological polar surface area (TPSA) is 86.5 Å². The van der Waals surface area contributed by atoms with Crippen molar-refractivity contribution < 1.29 is 9.47 Å². The van der Waals surface area contributed by atoms with Gasteiger partial charge in [-0.3, -0.25) is 0 Å². The molecule has 31 heavy (non-hydrogen) atoms. The summed E-state index contributed by atoms with van der Waals surface area (Å²) < 4.78 is 13.0. The molecule has 0 fully saturated rings. The molecule has 9 heteroatoms. The number of aromatic nitrogens is 5. The third-order valence-corrected chi connectivity index (χ3v) is 5.29. The highest BCUT2D eigenvalue weighted by molar-refractivity contribution is 7.08. The fourth-order valence-corrected chi connectivity index (χ4v) is 3.70. The number of hydrogen-bond donors (Lipinski definition) is 1. The number of nitrogens with zero attached hydrogens (tertiary/aromatic N) is 5. The lowest BCUT2D eigenvalue weighted by molar-refractivity contribution is 0.406. The Hall–Kier alpha value is -3.98. The van der Waals surface area contributed by atoms with Crippen molar-refractivity contribution >= 4 is 22.8 Å². The molecular weight excluding hydrogens is 412 g/mol. The van der Waals surface area contributed by atoms with Crippen LogP contribution in [0.4, 0.5) is 5.82 Å². The first-order valence-corrected chi connectivity index (χ1v) is 10.5. The molecule has 5 aromatic rings. The van der Waals surface area contributed by atoms with Crippen LogP contribution in [0.25, 0.3) is 17.0 Å². The van der Waals surface area contributed by atoms with Gasteiger partial charge in [-0.1, -0.05) is 12.1 Å². The summed E-state index contributed by atoms with van der Waals surface area (Å²) in [6.07, 6.45) is 1.70. The number of ether oxygens (including phenoxy) is 2. The zero-order valence-electron chi connectivity index (χ0n) is 16.6. The molecule has 154 valence electrons. The van der Waals surface area contributed by atoms with E-state index in [1.165, 1.54) is 0 Å². The summed E-state index contributed by atoms with van der Waals surface area (Å²) in [5, 5.41) is 20.5. The summed E-state index contributed by atoms with van der Waals surface area (Å²) in [5.74, 6) is 3.31. The maximum Gasteiger partial charge on any atom is 0.224 e. The van der Waals surface area contributed by atoms with Gasteiger partial charge in [0.15, 0.2) is 11.5 Å². The minimum absolute atomic E-state index is 0.488. The Balaban J connectivity index is 1.36. The number of fused-ring (bicyclic) bond motifs is 1. The van der Waals surface area contributed by atoms with Crippen LogP contribution in [0, 0.1) is 0 Å². The predicted octanol–water partition coefficient (Wildman–Crippen LogP) is 4.66. The van der Waals surface area contributed by atoms with Gasteiger partial charge in [-0.05, 0) is 41.8 Å². The van der Waals surface area contributed by atoms with Gasteiger partial charge in [-0.15, -0.1) is 15.3 Å². The van der Waals surface area contributed by atoms with Crippen molar-refractivity contribution in [3.8, 4) is 28.8 Å². The summed E-state index contributed by atoms with van der Waals surface area (Å²) in [6.45, 7) is 0.488. The summed E-state index contributed by atoms with van der Waals surface area (Å²) in [4.78, 5) is 4.38. The molecule has 0 saturated heterocycles. The lowest BCUT2D eigenvalue weighted by atomic mass is 10.2. The van der Waals surface area contributed by atoms with Crippen LogP contribution < -0.4 is 14.8 Å². The zero-order chi connectivity index (χ0) is 21.0. The SMILES string of the molecule is COc1cccc(Oc2ncccc2CNc2ccc3nnc(-c4ccsc4)n3n2)c1. The summed E-state index contributed by atoms with van der Waals surface area (Å²) in [7, 11) is 1.62. The quantitative estimate of drug-likeness (QED) is 0.402. The van der Waals surface area contributed by atoms with Crippen molar-refractivity contribution in [1.82, 2.24) is 24.8 Å². The van der Waals surface area contributed by atoms with E-state index in [1.54, 1.807) is 29.2 Å². The number of benzene rings is 1. The Bertz CT molecular complexity index is 1320. The van der Waals surface area contributed by atoms with E-state index in [0.717, 1.165) is 16.9 Å². The van der Waals surface area contributed by atoms with E-state index in [0.29, 0.717) is 35.5 Å². The average molecular weight is 430 g/mol. The smallest absolute Gasteiger partial charge is 0.224 e. The van der Waals surface area contributed by atoms with Crippen molar-refractivity contribution in [1.29, 1.82) is 0 Å². The molecule has 0 bridgehead atoms. The van der Waals surface area contributed by atoms with Crippen LogP contribution in [0.1, 0.15) is 5.56 Å². The first-order chi connectivity index (χ1) is 15.3. The van der Waals surface area contributed by atoms with Gasteiger partial charge >= 0.3 is 0 Å². The van der Waals surface area contributed by atoms with E-state index < -0.39 is 0 Å². The van der Waals surface area contributed by atoms with Gasteiger partial charge in [0.1, 0.15) is 17.3 Å². The highest BCUT2D eigenvalue weighted by Crippen LogP contribution is 2.27. The number of rotatable bonds is 7. The average Bonchev–Trinajstić information content (AvgIpc) is 3.48. The van der Waals surface area contributed by atoms with Gasteiger partial charge in [0.2, 0.25) is 5.88 Å².